The van der Waals surface area contributed by atoms with Gasteiger partial charge in [0.1, 0.15) is 0 Å². The third kappa shape index (κ3) is 2.42. The van der Waals surface area contributed by atoms with Gasteiger partial charge in [0, 0.05) is 25.3 Å². The fourth-order valence-electron chi connectivity index (χ4n) is 2.40. The number of amides is 2. The van der Waals surface area contributed by atoms with E-state index in [1.54, 1.807) is 11.8 Å². The smallest absolute Gasteiger partial charge is 0.319 e. The Morgan fingerprint density at radius 2 is 2.16 bits per heavy atom. The van der Waals surface area contributed by atoms with E-state index >= 15 is 0 Å². The van der Waals surface area contributed by atoms with E-state index in [9.17, 15) is 4.79 Å². The molecule has 5 heteroatoms. The number of nitrogens with zero attached hydrogens (tertiary/aromatic N) is 2. The van der Waals surface area contributed by atoms with E-state index in [-0.39, 0.29) is 11.5 Å². The molecule has 0 bridgehead atoms. The van der Waals surface area contributed by atoms with Gasteiger partial charge in [0.2, 0.25) is 0 Å². The van der Waals surface area contributed by atoms with Crippen LogP contribution in [0.4, 0.5) is 4.79 Å². The molecule has 2 heterocycles. The first kappa shape index (κ1) is 12.4. The lowest BCUT2D eigenvalue weighted by molar-refractivity contribution is 0.161. The van der Waals surface area contributed by atoms with Crippen molar-refractivity contribution >= 4 is 17.8 Å². The molecule has 0 saturated carbocycles. The molecule has 1 N–H and O–H groups in total. The molecule has 19 heavy (non-hydrogen) atoms. The van der Waals surface area contributed by atoms with Crippen LogP contribution in [0.15, 0.2) is 41.4 Å². The highest BCUT2D eigenvalue weighted by molar-refractivity contribution is 8.02. The lowest BCUT2D eigenvalue weighted by Gasteiger charge is -2.33. The number of hydrogen-bond acceptors (Lipinski definition) is 3. The molecule has 1 unspecified atom stereocenters. The molecule has 1 fully saturated rings. The van der Waals surface area contributed by atoms with Crippen LogP contribution in [0.25, 0.3) is 0 Å². The van der Waals surface area contributed by atoms with E-state index in [1.807, 2.05) is 11.0 Å². The number of hydrogen-bond donors (Lipinski definition) is 1. The van der Waals surface area contributed by atoms with Crippen LogP contribution in [-0.2, 0) is 6.54 Å². The van der Waals surface area contributed by atoms with Gasteiger partial charge in [0.25, 0.3) is 0 Å². The van der Waals surface area contributed by atoms with E-state index in [2.05, 4.69) is 46.8 Å². The quantitative estimate of drug-likeness (QED) is 0.920. The van der Waals surface area contributed by atoms with Crippen molar-refractivity contribution in [2.45, 2.75) is 19.0 Å². The van der Waals surface area contributed by atoms with Gasteiger partial charge in [-0.15, -0.1) is 0 Å². The number of urea groups is 1. The van der Waals surface area contributed by atoms with Crippen molar-refractivity contribution < 1.29 is 4.79 Å². The van der Waals surface area contributed by atoms with Crippen LogP contribution in [0.2, 0.25) is 0 Å². The number of nitrogens with one attached hydrogen (secondary N) is 1. The van der Waals surface area contributed by atoms with Crippen molar-refractivity contribution in [2.75, 3.05) is 13.1 Å². The van der Waals surface area contributed by atoms with Gasteiger partial charge in [0.05, 0.1) is 0 Å². The number of benzene rings is 1. The summed E-state index contributed by atoms with van der Waals surface area (Å²) in [5, 5.41) is 5.01. The standard InChI is InChI=1S/C14H17N3OS/c1-11-10-19-14(16-8-7-15-13(16)18)17(11)9-12-5-3-2-4-6-12/h2-6,10,14H,7-9H2,1H3,(H,15,18). The van der Waals surface area contributed by atoms with Gasteiger partial charge in [-0.05, 0) is 17.9 Å². The second-order valence-electron chi connectivity index (χ2n) is 4.76. The van der Waals surface area contributed by atoms with Crippen LogP contribution in [0.3, 0.4) is 0 Å². The summed E-state index contributed by atoms with van der Waals surface area (Å²) in [5.74, 6) is 0. The maximum absolute atomic E-state index is 11.8. The SMILES string of the molecule is CC1=CSC(N2CCNC2=O)N1Cc1ccccc1. The highest BCUT2D eigenvalue weighted by Crippen LogP contribution is 2.34. The van der Waals surface area contributed by atoms with Crippen LogP contribution < -0.4 is 5.32 Å². The van der Waals surface area contributed by atoms with Crippen molar-refractivity contribution in [1.82, 2.24) is 15.1 Å². The Hall–Kier alpha value is -1.62. The molecule has 3 rings (SSSR count). The zero-order valence-electron chi connectivity index (χ0n) is 10.9. The number of carbonyl (C=O) groups is 1. The molecule has 1 atom stereocenters. The maximum atomic E-state index is 11.8. The number of carbonyl (C=O) groups excluding carboxylic acids is 1. The molecule has 4 nitrogen and oxygen atoms in total. The summed E-state index contributed by atoms with van der Waals surface area (Å²) >= 11 is 1.71. The van der Waals surface area contributed by atoms with Crippen LogP contribution in [0, 0.1) is 0 Å². The van der Waals surface area contributed by atoms with Gasteiger partial charge in [-0.25, -0.2) is 4.79 Å². The summed E-state index contributed by atoms with van der Waals surface area (Å²) in [4.78, 5) is 16.0. The lowest BCUT2D eigenvalue weighted by Crippen LogP contribution is -2.44. The molecule has 100 valence electrons. The maximum Gasteiger partial charge on any atom is 0.319 e. The summed E-state index contributed by atoms with van der Waals surface area (Å²) in [7, 11) is 0. The van der Waals surface area contributed by atoms with Crippen molar-refractivity contribution in [3.8, 4) is 0 Å². The first-order valence-corrected chi connectivity index (χ1v) is 7.37. The Bertz CT molecular complexity index is 503. The molecule has 1 aromatic carbocycles. The first-order chi connectivity index (χ1) is 9.25. The van der Waals surface area contributed by atoms with Crippen LogP contribution in [0.5, 0.6) is 0 Å². The monoisotopic (exact) mass is 275 g/mol. The summed E-state index contributed by atoms with van der Waals surface area (Å²) in [6.07, 6.45) is 0. The average Bonchev–Trinajstić information content (AvgIpc) is 2.99. The minimum atomic E-state index is 0.0404. The van der Waals surface area contributed by atoms with Gasteiger partial charge in [-0.2, -0.15) is 0 Å². The Morgan fingerprint density at radius 3 is 2.84 bits per heavy atom. The molecule has 1 aromatic rings. The third-order valence-electron chi connectivity index (χ3n) is 3.43. The largest absolute Gasteiger partial charge is 0.341 e. The summed E-state index contributed by atoms with van der Waals surface area (Å²) in [5.41, 5.74) is 2.57. The summed E-state index contributed by atoms with van der Waals surface area (Å²) in [6, 6.07) is 10.4. The molecular weight excluding hydrogens is 258 g/mol. The normalized spacial score (nSPS) is 22.7. The van der Waals surface area contributed by atoms with E-state index in [0.717, 1.165) is 19.6 Å². The van der Waals surface area contributed by atoms with Crippen molar-refractivity contribution in [1.29, 1.82) is 0 Å². The van der Waals surface area contributed by atoms with Crippen molar-refractivity contribution in [3.63, 3.8) is 0 Å². The predicted octanol–water partition coefficient (Wildman–Crippen LogP) is 2.41. The third-order valence-corrected chi connectivity index (χ3v) is 4.66. The van der Waals surface area contributed by atoms with E-state index in [4.69, 9.17) is 0 Å². The van der Waals surface area contributed by atoms with E-state index in [0.29, 0.717) is 0 Å². The van der Waals surface area contributed by atoms with Gasteiger partial charge in [0.15, 0.2) is 5.50 Å². The zero-order chi connectivity index (χ0) is 13.2. The minimum absolute atomic E-state index is 0.0404. The van der Waals surface area contributed by atoms with Gasteiger partial charge >= 0.3 is 6.03 Å². The lowest BCUT2D eigenvalue weighted by atomic mass is 10.2. The summed E-state index contributed by atoms with van der Waals surface area (Å²) in [6.45, 7) is 4.46. The highest BCUT2D eigenvalue weighted by atomic mass is 32.2. The molecule has 0 aromatic heterocycles. The van der Waals surface area contributed by atoms with Gasteiger partial charge in [-0.3, -0.25) is 4.90 Å². The molecule has 0 radical (unpaired) electrons. The minimum Gasteiger partial charge on any atom is -0.341 e. The van der Waals surface area contributed by atoms with Crippen LogP contribution in [-0.4, -0.2) is 34.4 Å². The number of allylic oxidation sites excluding steroid dienone is 1. The second-order valence-corrected chi connectivity index (χ2v) is 5.69. The first-order valence-electron chi connectivity index (χ1n) is 6.43. The van der Waals surface area contributed by atoms with E-state index in [1.165, 1.54) is 11.3 Å². The molecule has 0 aliphatic carbocycles. The Kier molecular flexibility index (Phi) is 3.38. The Morgan fingerprint density at radius 1 is 1.37 bits per heavy atom. The molecular formula is C14H17N3OS. The molecule has 2 aliphatic rings. The Labute approximate surface area is 117 Å². The molecule has 2 aliphatic heterocycles. The number of rotatable bonds is 3. The Balaban J connectivity index is 1.77. The molecule has 0 spiro atoms. The van der Waals surface area contributed by atoms with Gasteiger partial charge < -0.3 is 10.2 Å². The fourth-order valence-corrected chi connectivity index (χ4v) is 3.59. The van der Waals surface area contributed by atoms with Crippen LogP contribution >= 0.6 is 11.8 Å². The van der Waals surface area contributed by atoms with Crippen molar-refractivity contribution in [2.24, 2.45) is 0 Å². The summed E-state index contributed by atoms with van der Waals surface area (Å²) < 4.78 is 0. The van der Waals surface area contributed by atoms with Crippen LogP contribution in [0.1, 0.15) is 12.5 Å². The molecule has 2 amide bonds. The average molecular weight is 275 g/mol. The van der Waals surface area contributed by atoms with Crippen molar-refractivity contribution in [3.05, 3.63) is 47.0 Å². The van der Waals surface area contributed by atoms with E-state index < -0.39 is 0 Å². The predicted molar refractivity (Wildman–Crippen MR) is 77.2 cm³/mol. The highest BCUT2D eigenvalue weighted by Gasteiger charge is 2.35. The number of thioether (sulfide) groups is 1. The molecule has 1 saturated heterocycles. The second kappa shape index (κ2) is 5.17. The van der Waals surface area contributed by atoms with Gasteiger partial charge in [-0.1, -0.05) is 42.1 Å². The topological polar surface area (TPSA) is 35.6 Å². The zero-order valence-corrected chi connectivity index (χ0v) is 11.7. The fraction of sp³-hybridized carbons (Fsp3) is 0.357.